The Balaban J connectivity index is 1.01. The molecule has 1 amide bonds. The standard InChI is InChI=1S/C47H51BrClFN16O2/c1-28(26-65-37-13-12-32(49)41(50)42(37)57-40(65)25-52-46-59-47(64-20-17-61(4)18-21-64)58-43-31(48)24-53-66(43)46)44(67)54-34-22-35(39(68-7)23-38(34)62(5)19-16-60(2)3)56-45-51-15-14-33(55-45)30-27-63(6)36-11-9-8-10-29(30)36/h8-15,22-24,27H,1,16-21,25-26H2,2-7H3,(H,54,67)(H,51,55,56)(H,52,58,59). The largest absolute Gasteiger partial charge is 0.494 e. The lowest BCUT2D eigenvalue weighted by atomic mass is 10.1. The van der Waals surface area contributed by atoms with Crippen LogP contribution in [0.5, 0.6) is 5.75 Å². The number of halogens is 3. The first-order valence-corrected chi connectivity index (χ1v) is 23.1. The third kappa shape index (κ3) is 9.36. The lowest BCUT2D eigenvalue weighted by Crippen LogP contribution is -2.45. The molecule has 1 aliphatic rings. The second kappa shape index (κ2) is 19.4. The highest BCUT2D eigenvalue weighted by Crippen LogP contribution is 2.39. The molecule has 3 N–H and O–H groups in total. The van der Waals surface area contributed by atoms with Crippen molar-refractivity contribution >= 4 is 95.9 Å². The van der Waals surface area contributed by atoms with Crippen molar-refractivity contribution in [3.63, 3.8) is 0 Å². The number of aromatic nitrogens is 9. The van der Waals surface area contributed by atoms with E-state index in [0.717, 1.165) is 54.9 Å². The molecule has 3 aromatic carbocycles. The van der Waals surface area contributed by atoms with Crippen LogP contribution in [0.2, 0.25) is 5.02 Å². The average molecular weight is 1010 g/mol. The summed E-state index contributed by atoms with van der Waals surface area (Å²) >= 11 is 9.85. The van der Waals surface area contributed by atoms with Gasteiger partial charge in [-0.2, -0.15) is 19.6 Å². The molecule has 352 valence electrons. The van der Waals surface area contributed by atoms with E-state index in [1.807, 2.05) is 57.4 Å². The zero-order valence-electron chi connectivity index (χ0n) is 38.6. The predicted molar refractivity (Wildman–Crippen MR) is 270 cm³/mol. The minimum Gasteiger partial charge on any atom is -0.494 e. The van der Waals surface area contributed by atoms with Gasteiger partial charge in [-0.25, -0.2) is 19.3 Å². The van der Waals surface area contributed by atoms with Gasteiger partial charge in [-0.05, 0) is 67.4 Å². The number of rotatable bonds is 16. The second-order valence-corrected chi connectivity index (χ2v) is 18.2. The van der Waals surface area contributed by atoms with E-state index < -0.39 is 11.7 Å². The van der Waals surface area contributed by atoms with Gasteiger partial charge in [0.25, 0.3) is 5.91 Å². The number of nitrogens with one attached hydrogen (secondary N) is 3. The Kier molecular flexibility index (Phi) is 13.2. The molecule has 1 aliphatic heterocycles. The molecule has 1 fully saturated rings. The van der Waals surface area contributed by atoms with Crippen LogP contribution >= 0.6 is 27.5 Å². The number of methoxy groups -OCH3 is 1. The van der Waals surface area contributed by atoms with Crippen molar-refractivity contribution in [3.8, 4) is 17.0 Å². The molecule has 68 heavy (non-hydrogen) atoms. The molecule has 18 nitrogen and oxygen atoms in total. The quantitative estimate of drug-likeness (QED) is 0.0827. The topological polar surface area (TPSA) is 167 Å². The van der Waals surface area contributed by atoms with Gasteiger partial charge in [0.05, 0.1) is 64.2 Å². The minimum atomic E-state index is -0.674. The number of carbonyl (C=O) groups excluding carboxylic acids is 1. The average Bonchev–Trinajstić information content (AvgIpc) is 4.01. The Hall–Kier alpha value is -6.87. The van der Waals surface area contributed by atoms with Crippen molar-refractivity contribution in [3.05, 3.63) is 106 Å². The molecule has 6 heterocycles. The van der Waals surface area contributed by atoms with E-state index >= 15 is 4.39 Å². The van der Waals surface area contributed by atoms with E-state index in [0.29, 0.717) is 68.7 Å². The summed E-state index contributed by atoms with van der Waals surface area (Å²) in [7, 11) is 11.6. The van der Waals surface area contributed by atoms with Crippen LogP contribution in [-0.4, -0.2) is 134 Å². The highest BCUT2D eigenvalue weighted by atomic mass is 79.9. The highest BCUT2D eigenvalue weighted by Gasteiger charge is 2.24. The van der Waals surface area contributed by atoms with Crippen molar-refractivity contribution in [2.75, 3.05) is 100 Å². The van der Waals surface area contributed by atoms with Crippen LogP contribution < -0.4 is 30.5 Å². The number of nitrogens with zero attached hydrogens (tertiary/aromatic N) is 13. The zero-order valence-corrected chi connectivity index (χ0v) is 40.9. The van der Waals surface area contributed by atoms with Gasteiger partial charge in [0.15, 0.2) is 11.5 Å². The first-order valence-electron chi connectivity index (χ1n) is 21.9. The van der Waals surface area contributed by atoms with Crippen molar-refractivity contribution in [1.82, 2.24) is 53.5 Å². The summed E-state index contributed by atoms with van der Waals surface area (Å²) < 4.78 is 27.7. The van der Waals surface area contributed by atoms with Crippen LogP contribution in [0.3, 0.4) is 0 Å². The maximum absolute atomic E-state index is 15.7. The molecule has 0 aliphatic carbocycles. The molecule has 0 atom stereocenters. The Bertz CT molecular complexity index is 3200. The fraction of sp³-hybridized carbons (Fsp3) is 0.298. The summed E-state index contributed by atoms with van der Waals surface area (Å²) in [5.41, 5.74) is 5.73. The summed E-state index contributed by atoms with van der Waals surface area (Å²) in [6, 6.07) is 16.8. The number of hydrogen-bond acceptors (Lipinski definition) is 14. The lowest BCUT2D eigenvalue weighted by molar-refractivity contribution is -0.113. The predicted octanol–water partition coefficient (Wildman–Crippen LogP) is 7.29. The van der Waals surface area contributed by atoms with E-state index in [1.165, 1.54) is 6.07 Å². The van der Waals surface area contributed by atoms with Crippen LogP contribution in [0.4, 0.5) is 39.3 Å². The Morgan fingerprint density at radius 3 is 2.54 bits per heavy atom. The number of para-hydroxylation sites is 1. The molecule has 21 heteroatoms. The molecular formula is C47H51BrClFN16O2. The van der Waals surface area contributed by atoms with Crippen molar-refractivity contribution in [1.29, 1.82) is 0 Å². The lowest BCUT2D eigenvalue weighted by Gasteiger charge is -2.32. The van der Waals surface area contributed by atoms with Gasteiger partial charge in [-0.1, -0.05) is 36.4 Å². The Morgan fingerprint density at radius 2 is 1.76 bits per heavy atom. The Morgan fingerprint density at radius 1 is 0.971 bits per heavy atom. The first kappa shape index (κ1) is 46.2. The molecular weight excluding hydrogens is 955 g/mol. The number of ether oxygens (including phenoxy) is 1. The molecule has 1 saturated heterocycles. The van der Waals surface area contributed by atoms with Crippen molar-refractivity contribution in [2.45, 2.75) is 13.1 Å². The number of anilines is 6. The molecule has 0 saturated carbocycles. The smallest absolute Gasteiger partial charge is 0.252 e. The van der Waals surface area contributed by atoms with Gasteiger partial charge in [0, 0.05) is 93.9 Å². The van der Waals surface area contributed by atoms with Crippen molar-refractivity contribution in [2.24, 2.45) is 7.05 Å². The van der Waals surface area contributed by atoms with Gasteiger partial charge in [0.2, 0.25) is 17.8 Å². The number of carbonyl (C=O) groups is 1. The second-order valence-electron chi connectivity index (χ2n) is 17.0. The third-order valence-electron chi connectivity index (χ3n) is 12.0. The number of imidazole rings is 1. The molecule has 0 radical (unpaired) electrons. The van der Waals surface area contributed by atoms with E-state index in [-0.39, 0.29) is 29.2 Å². The Labute approximate surface area is 405 Å². The molecule has 8 aromatic rings. The fourth-order valence-corrected chi connectivity index (χ4v) is 8.69. The summed E-state index contributed by atoms with van der Waals surface area (Å²) in [5, 5.41) is 15.3. The minimum absolute atomic E-state index is 0.0403. The molecule has 0 bridgehead atoms. The summed E-state index contributed by atoms with van der Waals surface area (Å²) in [6.07, 6.45) is 5.41. The number of fused-ring (bicyclic) bond motifs is 3. The molecule has 0 unspecified atom stereocenters. The van der Waals surface area contributed by atoms with Crippen LogP contribution in [0, 0.1) is 5.82 Å². The normalized spacial score (nSPS) is 13.2. The van der Waals surface area contributed by atoms with Crippen molar-refractivity contribution < 1.29 is 13.9 Å². The van der Waals surface area contributed by atoms with Gasteiger partial charge < -0.3 is 49.4 Å². The summed E-state index contributed by atoms with van der Waals surface area (Å²) in [4.78, 5) is 46.7. The number of hydrogen-bond donors (Lipinski definition) is 3. The molecule has 9 rings (SSSR count). The zero-order chi connectivity index (χ0) is 47.8. The maximum atomic E-state index is 15.7. The number of benzene rings is 3. The number of likely N-dealkylation sites (N-methyl/N-ethyl adjacent to an activating group) is 3. The van der Waals surface area contributed by atoms with E-state index in [1.54, 1.807) is 40.7 Å². The van der Waals surface area contributed by atoms with E-state index in [4.69, 9.17) is 36.3 Å². The molecule has 0 spiro atoms. The SMILES string of the molecule is C=C(Cn1c(CNc2nc(N3CCN(C)CC3)nc3c(Br)cnn23)nc2c(F)c(Cl)ccc21)C(=O)Nc1cc(Nc2nccc(-c3cn(C)c4ccccc34)n2)c(OC)cc1N(C)CCN(C)C. The van der Waals surface area contributed by atoms with Gasteiger partial charge >= 0.3 is 0 Å². The van der Waals surface area contributed by atoms with Gasteiger partial charge in [0.1, 0.15) is 17.1 Å². The van der Waals surface area contributed by atoms with E-state index in [2.05, 4.69) is 93.2 Å². The van der Waals surface area contributed by atoms with Crippen LogP contribution in [0.25, 0.3) is 38.8 Å². The summed E-state index contributed by atoms with van der Waals surface area (Å²) in [5.74, 6) is 1.06. The van der Waals surface area contributed by atoms with Gasteiger partial charge in [-0.15, -0.1) is 0 Å². The number of aryl methyl sites for hydroxylation is 1. The fourth-order valence-electron chi connectivity index (χ4n) is 8.18. The van der Waals surface area contributed by atoms with Crippen LogP contribution in [-0.2, 0) is 24.9 Å². The third-order valence-corrected chi connectivity index (χ3v) is 12.9. The highest BCUT2D eigenvalue weighted by molar-refractivity contribution is 9.10. The first-order chi connectivity index (χ1) is 32.8. The maximum Gasteiger partial charge on any atom is 0.252 e. The number of piperazine rings is 1. The summed E-state index contributed by atoms with van der Waals surface area (Å²) in [6.45, 7) is 8.91. The van der Waals surface area contributed by atoms with E-state index in [9.17, 15) is 4.79 Å². The molecule has 5 aromatic heterocycles. The van der Waals surface area contributed by atoms with Gasteiger partial charge in [-0.3, -0.25) is 4.79 Å². The van der Waals surface area contributed by atoms with Crippen LogP contribution in [0.1, 0.15) is 5.82 Å². The monoisotopic (exact) mass is 1000 g/mol. The number of amides is 1. The van der Waals surface area contributed by atoms with Crippen LogP contribution in [0.15, 0.2) is 89.8 Å².